The van der Waals surface area contributed by atoms with Gasteiger partial charge < -0.3 is 15.1 Å². The summed E-state index contributed by atoms with van der Waals surface area (Å²) in [7, 11) is 0. The smallest absolute Gasteiger partial charge is 0.194 e. The molecule has 0 spiro atoms. The Morgan fingerprint density at radius 2 is 1.68 bits per heavy atom. The molecule has 0 radical (unpaired) electrons. The predicted octanol–water partition coefficient (Wildman–Crippen LogP) is 4.57. The van der Waals surface area contributed by atoms with Crippen molar-refractivity contribution >= 4 is 17.2 Å². The maximum absolute atomic E-state index is 14.1. The van der Waals surface area contributed by atoms with E-state index in [0.717, 1.165) is 50.0 Å². The second-order valence-corrected chi connectivity index (χ2v) is 8.28. The van der Waals surface area contributed by atoms with E-state index in [1.165, 1.54) is 11.8 Å². The van der Waals surface area contributed by atoms with Gasteiger partial charge in [-0.25, -0.2) is 18.2 Å². The molecule has 0 unspecified atom stereocenters. The molecule has 6 nitrogen and oxygen atoms in total. The molecule has 5 rings (SSSR count). The molecule has 0 bridgehead atoms. The summed E-state index contributed by atoms with van der Waals surface area (Å²) < 4.78 is 42.5. The molecule has 0 aliphatic carbocycles. The van der Waals surface area contributed by atoms with Crippen molar-refractivity contribution in [1.82, 2.24) is 19.5 Å². The average molecular weight is 467 g/mol. The number of piperazine rings is 1. The van der Waals surface area contributed by atoms with Gasteiger partial charge in [0.25, 0.3) is 0 Å². The Kier molecular flexibility index (Phi) is 6.10. The molecular formula is C25H25F3N6. The topological polar surface area (TPSA) is 48.7 Å². The first kappa shape index (κ1) is 22.2. The van der Waals surface area contributed by atoms with E-state index in [4.69, 9.17) is 0 Å². The van der Waals surface area contributed by atoms with E-state index in [2.05, 4.69) is 44.3 Å². The summed E-state index contributed by atoms with van der Waals surface area (Å²) in [6.07, 6.45) is 1.62. The zero-order chi connectivity index (χ0) is 23.7. The molecule has 0 amide bonds. The molecule has 1 saturated heterocycles. The summed E-state index contributed by atoms with van der Waals surface area (Å²) in [5.41, 5.74) is 3.47. The number of aromatic nitrogens is 3. The maximum atomic E-state index is 14.1. The number of nitrogens with zero attached hydrogens (tertiary/aromatic N) is 5. The van der Waals surface area contributed by atoms with Crippen molar-refractivity contribution in [2.45, 2.75) is 13.5 Å². The van der Waals surface area contributed by atoms with Gasteiger partial charge in [0.2, 0.25) is 0 Å². The molecule has 1 aliphatic rings. The molecule has 1 aliphatic heterocycles. The average Bonchev–Trinajstić information content (AvgIpc) is 3.36. The Balaban J connectivity index is 1.38. The van der Waals surface area contributed by atoms with E-state index in [1.54, 1.807) is 16.8 Å². The molecule has 2 aromatic carbocycles. The highest BCUT2D eigenvalue weighted by atomic mass is 19.2. The lowest BCUT2D eigenvalue weighted by atomic mass is 10.1. The van der Waals surface area contributed by atoms with Crippen molar-refractivity contribution in [1.29, 1.82) is 0 Å². The number of fused-ring (bicyclic) bond motifs is 1. The predicted molar refractivity (Wildman–Crippen MR) is 126 cm³/mol. The van der Waals surface area contributed by atoms with Crippen LogP contribution in [0.15, 0.2) is 54.7 Å². The molecule has 2 aromatic heterocycles. The molecule has 176 valence electrons. The molecule has 0 atom stereocenters. The highest BCUT2D eigenvalue weighted by molar-refractivity contribution is 5.68. The first-order chi connectivity index (χ1) is 16.5. The van der Waals surface area contributed by atoms with Gasteiger partial charge in [-0.1, -0.05) is 25.1 Å². The maximum Gasteiger partial charge on any atom is 0.194 e. The number of hydrogen-bond acceptors (Lipinski definition) is 5. The molecule has 0 saturated carbocycles. The van der Waals surface area contributed by atoms with Crippen LogP contribution in [0.3, 0.4) is 0 Å². The second-order valence-electron chi connectivity index (χ2n) is 8.28. The van der Waals surface area contributed by atoms with E-state index >= 15 is 0 Å². The Hall–Kier alpha value is -3.59. The van der Waals surface area contributed by atoms with Gasteiger partial charge in [-0.15, -0.1) is 0 Å². The van der Waals surface area contributed by atoms with Crippen molar-refractivity contribution in [3.05, 3.63) is 77.7 Å². The van der Waals surface area contributed by atoms with Gasteiger partial charge in [0.05, 0.1) is 11.9 Å². The summed E-state index contributed by atoms with van der Waals surface area (Å²) in [6.45, 7) is 7.35. The molecule has 34 heavy (non-hydrogen) atoms. The number of hydrogen-bond donors (Lipinski definition) is 1. The standard InChI is InChI=1S/C25H25F3N6/c1-2-32-11-13-33(14-12-32)19-6-3-17(4-7-19)21-15-23(34-22(31-21)9-10-30-34)29-16-18-5-8-20(26)25(28)24(18)27/h3-10,15,29H,2,11-14,16H2,1H3. The van der Waals surface area contributed by atoms with Crippen LogP contribution in [-0.2, 0) is 6.54 Å². The summed E-state index contributed by atoms with van der Waals surface area (Å²) in [6, 6.07) is 14.0. The third-order valence-electron chi connectivity index (χ3n) is 6.28. The van der Waals surface area contributed by atoms with Crippen molar-refractivity contribution < 1.29 is 13.2 Å². The quantitative estimate of drug-likeness (QED) is 0.422. The highest BCUT2D eigenvalue weighted by Gasteiger charge is 2.17. The number of anilines is 2. The van der Waals surface area contributed by atoms with Gasteiger partial charge in [0.1, 0.15) is 5.82 Å². The number of nitrogens with one attached hydrogen (secondary N) is 1. The molecular weight excluding hydrogens is 441 g/mol. The van der Waals surface area contributed by atoms with Crippen molar-refractivity contribution in [3.63, 3.8) is 0 Å². The zero-order valence-corrected chi connectivity index (χ0v) is 18.8. The van der Waals surface area contributed by atoms with E-state index in [9.17, 15) is 13.2 Å². The first-order valence-corrected chi connectivity index (χ1v) is 11.3. The van der Waals surface area contributed by atoms with Crippen LogP contribution in [0, 0.1) is 17.5 Å². The van der Waals surface area contributed by atoms with Crippen molar-refractivity contribution in [2.75, 3.05) is 42.9 Å². The Morgan fingerprint density at radius 1 is 0.912 bits per heavy atom. The molecule has 1 N–H and O–H groups in total. The van der Waals surface area contributed by atoms with E-state index in [0.29, 0.717) is 11.5 Å². The minimum absolute atomic E-state index is 0.0186. The van der Waals surface area contributed by atoms with Gasteiger partial charge in [0, 0.05) is 61.7 Å². The third-order valence-corrected chi connectivity index (χ3v) is 6.28. The van der Waals surface area contributed by atoms with Crippen LogP contribution < -0.4 is 10.2 Å². The number of benzene rings is 2. The normalized spacial score (nSPS) is 14.6. The Labute approximate surface area is 195 Å². The lowest BCUT2D eigenvalue weighted by Crippen LogP contribution is -2.46. The minimum Gasteiger partial charge on any atom is -0.369 e. The summed E-state index contributed by atoms with van der Waals surface area (Å²) in [4.78, 5) is 9.51. The molecule has 4 aromatic rings. The molecule has 9 heteroatoms. The third kappa shape index (κ3) is 4.31. The Bertz CT molecular complexity index is 1300. The van der Waals surface area contributed by atoms with Crippen LogP contribution in [0.2, 0.25) is 0 Å². The number of rotatable bonds is 6. The summed E-state index contributed by atoms with van der Waals surface area (Å²) >= 11 is 0. The van der Waals surface area contributed by atoms with Crippen molar-refractivity contribution in [2.24, 2.45) is 0 Å². The van der Waals surface area contributed by atoms with Crippen LogP contribution in [0.25, 0.3) is 16.9 Å². The summed E-state index contributed by atoms with van der Waals surface area (Å²) in [5.74, 6) is -3.32. The fourth-order valence-corrected chi connectivity index (χ4v) is 4.24. The SMILES string of the molecule is CCN1CCN(c2ccc(-c3cc(NCc4ccc(F)c(F)c4F)n4nccc4n3)cc2)CC1. The largest absolute Gasteiger partial charge is 0.369 e. The van der Waals surface area contributed by atoms with Gasteiger partial charge in [0.15, 0.2) is 23.1 Å². The minimum atomic E-state index is -1.48. The van der Waals surface area contributed by atoms with Crippen LogP contribution >= 0.6 is 0 Å². The molecule has 1 fully saturated rings. The molecule has 3 heterocycles. The lowest BCUT2D eigenvalue weighted by molar-refractivity contribution is 0.271. The van der Waals surface area contributed by atoms with Crippen LogP contribution in [0.1, 0.15) is 12.5 Å². The number of likely N-dealkylation sites (N-methyl/N-ethyl adjacent to an activating group) is 1. The van der Waals surface area contributed by atoms with Crippen LogP contribution in [0.4, 0.5) is 24.7 Å². The van der Waals surface area contributed by atoms with Crippen LogP contribution in [0.5, 0.6) is 0 Å². The lowest BCUT2D eigenvalue weighted by Gasteiger charge is -2.35. The van der Waals surface area contributed by atoms with E-state index in [1.807, 2.05) is 18.2 Å². The van der Waals surface area contributed by atoms with Gasteiger partial charge in [-0.05, 0) is 24.7 Å². The number of halogens is 3. The second kappa shape index (κ2) is 9.34. The van der Waals surface area contributed by atoms with E-state index < -0.39 is 17.5 Å². The summed E-state index contributed by atoms with van der Waals surface area (Å²) in [5, 5.41) is 7.34. The highest BCUT2D eigenvalue weighted by Crippen LogP contribution is 2.26. The Morgan fingerprint density at radius 3 is 2.41 bits per heavy atom. The van der Waals surface area contributed by atoms with Crippen molar-refractivity contribution in [3.8, 4) is 11.3 Å². The fraction of sp³-hybridized carbons (Fsp3) is 0.280. The monoisotopic (exact) mass is 466 g/mol. The van der Waals surface area contributed by atoms with E-state index in [-0.39, 0.29) is 12.1 Å². The first-order valence-electron chi connectivity index (χ1n) is 11.3. The fourth-order valence-electron chi connectivity index (χ4n) is 4.24. The van der Waals surface area contributed by atoms with Gasteiger partial charge in [-0.3, -0.25) is 0 Å². The van der Waals surface area contributed by atoms with Gasteiger partial charge in [-0.2, -0.15) is 9.61 Å². The van der Waals surface area contributed by atoms with Crippen LogP contribution in [-0.4, -0.2) is 52.2 Å². The van der Waals surface area contributed by atoms with Gasteiger partial charge >= 0.3 is 0 Å². The zero-order valence-electron chi connectivity index (χ0n) is 18.8.